The van der Waals surface area contributed by atoms with Crippen molar-refractivity contribution in [1.29, 1.82) is 0 Å². The van der Waals surface area contributed by atoms with Gasteiger partial charge < -0.3 is 19.5 Å². The molecule has 7 nitrogen and oxygen atoms in total. The van der Waals surface area contributed by atoms with Crippen LogP contribution in [0.15, 0.2) is 0 Å². The molecule has 0 bridgehead atoms. The molecule has 0 atom stereocenters. The topological polar surface area (TPSA) is 90.9 Å². The van der Waals surface area contributed by atoms with Gasteiger partial charge >= 0.3 is 0 Å². The predicted octanol–water partition coefficient (Wildman–Crippen LogP) is 4.15. The summed E-state index contributed by atoms with van der Waals surface area (Å²) >= 11 is 0. The maximum absolute atomic E-state index is 12.2. The number of hydrogen-bond acceptors (Lipinski definition) is 7. The van der Waals surface area contributed by atoms with Gasteiger partial charge in [0.25, 0.3) is 0 Å². The Balaban J connectivity index is 5.23. The lowest BCUT2D eigenvalue weighted by Gasteiger charge is -2.40. The van der Waals surface area contributed by atoms with Crippen molar-refractivity contribution in [2.45, 2.75) is 99.6 Å². The van der Waals surface area contributed by atoms with E-state index in [4.69, 9.17) is 14.2 Å². The van der Waals surface area contributed by atoms with Crippen LogP contribution in [0.4, 0.5) is 0 Å². The highest BCUT2D eigenvalue weighted by molar-refractivity contribution is 5.84. The quantitative estimate of drug-likeness (QED) is 0.338. The summed E-state index contributed by atoms with van der Waals surface area (Å²) in [5.41, 5.74) is -1.76. The second-order valence-electron chi connectivity index (χ2n) is 12.1. The van der Waals surface area contributed by atoms with Crippen LogP contribution in [-0.2, 0) is 28.6 Å². The molecular weight excluding hydrogens is 422 g/mol. The first-order chi connectivity index (χ1) is 14.9. The average Bonchev–Trinajstić information content (AvgIpc) is 2.62. The molecule has 0 aliphatic heterocycles. The van der Waals surface area contributed by atoms with Crippen molar-refractivity contribution < 1.29 is 28.6 Å². The lowest BCUT2D eigenvalue weighted by Crippen LogP contribution is -2.62. The molecule has 7 heteroatoms. The summed E-state index contributed by atoms with van der Waals surface area (Å²) in [6.07, 6.45) is 1.01. The molecule has 0 heterocycles. The highest BCUT2D eigenvalue weighted by atomic mass is 16.5. The molecule has 0 aliphatic carbocycles. The maximum Gasteiger partial charge on any atom is 0.140 e. The molecule has 0 radical (unpaired) electrons. The molecule has 0 aromatic rings. The molecule has 0 amide bonds. The summed E-state index contributed by atoms with van der Waals surface area (Å²) in [5.74, 6) is 0.358. The van der Waals surface area contributed by atoms with E-state index in [1.54, 1.807) is 0 Å². The number of rotatable bonds is 16. The summed E-state index contributed by atoms with van der Waals surface area (Å²) in [6.45, 7) is 20.8. The first-order valence-corrected chi connectivity index (χ1v) is 12.0. The van der Waals surface area contributed by atoms with Gasteiger partial charge in [-0.3, -0.25) is 14.4 Å². The summed E-state index contributed by atoms with van der Waals surface area (Å²) in [6, 6.07) is 0. The fraction of sp³-hybridized carbons (Fsp3) is 0.885. The van der Waals surface area contributed by atoms with Crippen molar-refractivity contribution >= 4 is 17.3 Å². The summed E-state index contributed by atoms with van der Waals surface area (Å²) in [7, 11) is 0. The van der Waals surface area contributed by atoms with Gasteiger partial charge in [-0.1, -0.05) is 41.5 Å². The lowest BCUT2D eigenvalue weighted by molar-refractivity contribution is -0.128. The molecule has 33 heavy (non-hydrogen) atoms. The minimum atomic E-state index is -0.690. The molecule has 0 aromatic carbocycles. The number of nitrogens with one attached hydrogen (secondary N) is 1. The van der Waals surface area contributed by atoms with Gasteiger partial charge in [-0.2, -0.15) is 0 Å². The molecule has 0 saturated heterocycles. The van der Waals surface area contributed by atoms with E-state index in [0.29, 0.717) is 39.1 Å². The Kier molecular flexibility index (Phi) is 13.2. The third-order valence-corrected chi connectivity index (χ3v) is 4.99. The smallest absolute Gasteiger partial charge is 0.140 e. The molecule has 0 aliphatic rings. The number of Topliss-reactive ketones (excluding diaryl/α,β-unsaturated/α-hetero) is 3. The van der Waals surface area contributed by atoms with Crippen molar-refractivity contribution in [3.05, 3.63) is 0 Å². The first-order valence-electron chi connectivity index (χ1n) is 12.0. The SMILES string of the molecule is CC(=O)CCOCC(COCCC(=O)C(C)(C)C)(COCCC(=O)C(C)(C)C)NC(C)(C)C. The lowest BCUT2D eigenvalue weighted by atomic mass is 9.89. The Morgan fingerprint density at radius 1 is 0.606 bits per heavy atom. The van der Waals surface area contributed by atoms with Gasteiger partial charge in [-0.25, -0.2) is 0 Å². The fourth-order valence-electron chi connectivity index (χ4n) is 3.13. The van der Waals surface area contributed by atoms with E-state index in [9.17, 15) is 14.4 Å². The Morgan fingerprint density at radius 2 is 0.939 bits per heavy atom. The van der Waals surface area contributed by atoms with Gasteiger partial charge in [0.15, 0.2) is 0 Å². The van der Waals surface area contributed by atoms with Crippen LogP contribution in [0.5, 0.6) is 0 Å². The molecule has 0 saturated carbocycles. The zero-order valence-corrected chi connectivity index (χ0v) is 22.8. The van der Waals surface area contributed by atoms with Crippen LogP contribution >= 0.6 is 0 Å². The number of hydrogen-bond donors (Lipinski definition) is 1. The van der Waals surface area contributed by atoms with Crippen LogP contribution < -0.4 is 5.32 Å². The van der Waals surface area contributed by atoms with Gasteiger partial charge in [-0.15, -0.1) is 0 Å². The zero-order chi connectivity index (χ0) is 25.9. The molecule has 1 N–H and O–H groups in total. The Labute approximate surface area is 201 Å². The number of ether oxygens (including phenoxy) is 3. The highest BCUT2D eigenvalue weighted by Crippen LogP contribution is 2.19. The van der Waals surface area contributed by atoms with E-state index in [1.165, 1.54) is 6.92 Å². The Hall–Kier alpha value is -1.15. The molecule has 0 aromatic heterocycles. The zero-order valence-electron chi connectivity index (χ0n) is 22.8. The minimum absolute atomic E-state index is 0.0678. The normalized spacial score (nSPS) is 13.3. The van der Waals surface area contributed by atoms with Gasteiger partial charge in [-0.05, 0) is 27.7 Å². The molecule has 0 spiro atoms. The van der Waals surface area contributed by atoms with E-state index in [0.717, 1.165) is 0 Å². The van der Waals surface area contributed by atoms with Crippen molar-refractivity contribution in [1.82, 2.24) is 5.32 Å². The third-order valence-electron chi connectivity index (χ3n) is 4.99. The van der Waals surface area contributed by atoms with Crippen molar-refractivity contribution in [3.8, 4) is 0 Å². The summed E-state index contributed by atoms with van der Waals surface area (Å²) in [5, 5.41) is 3.56. The van der Waals surface area contributed by atoms with Crippen LogP contribution in [0.1, 0.15) is 88.5 Å². The van der Waals surface area contributed by atoms with E-state index >= 15 is 0 Å². The molecular formula is C26H49NO6. The largest absolute Gasteiger partial charge is 0.379 e. The summed E-state index contributed by atoms with van der Waals surface area (Å²) < 4.78 is 17.7. The molecule has 0 unspecified atom stereocenters. The van der Waals surface area contributed by atoms with E-state index < -0.39 is 16.4 Å². The van der Waals surface area contributed by atoms with Crippen LogP contribution in [0.25, 0.3) is 0 Å². The maximum atomic E-state index is 12.2. The van der Waals surface area contributed by atoms with Gasteiger partial charge in [0.2, 0.25) is 0 Å². The van der Waals surface area contributed by atoms with E-state index in [2.05, 4.69) is 5.32 Å². The van der Waals surface area contributed by atoms with Gasteiger partial charge in [0, 0.05) is 35.6 Å². The third kappa shape index (κ3) is 15.4. The van der Waals surface area contributed by atoms with Gasteiger partial charge in [0.1, 0.15) is 17.3 Å². The van der Waals surface area contributed by atoms with Crippen molar-refractivity contribution in [2.24, 2.45) is 10.8 Å². The van der Waals surface area contributed by atoms with Crippen LogP contribution in [-0.4, -0.2) is 68.1 Å². The van der Waals surface area contributed by atoms with E-state index in [-0.39, 0.29) is 42.7 Å². The molecule has 0 fully saturated rings. The number of carbonyl (C=O) groups is 3. The monoisotopic (exact) mass is 471 g/mol. The molecule has 0 rings (SSSR count). The van der Waals surface area contributed by atoms with Crippen LogP contribution in [0.2, 0.25) is 0 Å². The highest BCUT2D eigenvalue weighted by Gasteiger charge is 2.36. The van der Waals surface area contributed by atoms with Crippen molar-refractivity contribution in [3.63, 3.8) is 0 Å². The molecule has 194 valence electrons. The average molecular weight is 472 g/mol. The van der Waals surface area contributed by atoms with Crippen molar-refractivity contribution in [2.75, 3.05) is 39.6 Å². The van der Waals surface area contributed by atoms with E-state index in [1.807, 2.05) is 62.3 Å². The second-order valence-corrected chi connectivity index (χ2v) is 12.1. The Bertz CT molecular complexity index is 588. The van der Waals surface area contributed by atoms with Gasteiger partial charge in [0.05, 0.1) is 45.2 Å². The first kappa shape index (κ1) is 31.9. The second kappa shape index (κ2) is 13.7. The summed E-state index contributed by atoms with van der Waals surface area (Å²) in [4.78, 5) is 35.8. The minimum Gasteiger partial charge on any atom is -0.379 e. The fourth-order valence-corrected chi connectivity index (χ4v) is 3.13. The number of ketones is 3. The predicted molar refractivity (Wildman–Crippen MR) is 132 cm³/mol. The van der Waals surface area contributed by atoms with Crippen LogP contribution in [0, 0.1) is 10.8 Å². The standard InChI is InChI=1S/C26H49NO6/c1-20(28)11-14-31-17-26(27-25(8,9)10,18-32-15-12-21(29)23(2,3)4)19-33-16-13-22(30)24(5,6)7/h27H,11-19H2,1-10H3. The van der Waals surface area contributed by atoms with Crippen LogP contribution in [0.3, 0.4) is 0 Å². The number of carbonyl (C=O) groups excluding carboxylic acids is 3. The Morgan fingerprint density at radius 3 is 1.21 bits per heavy atom.